The van der Waals surface area contributed by atoms with Crippen molar-refractivity contribution in [2.24, 2.45) is 0 Å². The molecule has 8 aromatic rings. The van der Waals surface area contributed by atoms with Crippen molar-refractivity contribution in [3.8, 4) is 46.0 Å². The van der Waals surface area contributed by atoms with Gasteiger partial charge in [-0.15, -0.1) is 0 Å². The minimum atomic E-state index is -5.17. The Hall–Kier alpha value is -8.17. The Morgan fingerprint density at radius 1 is 0.284 bits per heavy atom. The molecule has 10 rings (SSSR count). The lowest BCUT2D eigenvalue weighted by Gasteiger charge is -2.30. The van der Waals surface area contributed by atoms with Crippen molar-refractivity contribution in [1.29, 1.82) is 0 Å². The molecule has 36 heteroatoms. The molecule has 2 fully saturated rings. The number of rotatable bonds is 22. The molecule has 0 spiro atoms. The summed E-state index contributed by atoms with van der Waals surface area (Å²) in [5.41, 5.74) is 3.68. The van der Waals surface area contributed by atoms with Crippen LogP contribution >= 0.6 is 0 Å². The van der Waals surface area contributed by atoms with Gasteiger partial charge in [0.15, 0.2) is 0 Å². The first kappa shape index (κ1) is 64.3. The van der Waals surface area contributed by atoms with E-state index in [9.17, 15) is 49.2 Å². The first-order valence-electron chi connectivity index (χ1n) is 25.7. The molecule has 2 saturated heterocycles. The van der Waals surface area contributed by atoms with Crippen LogP contribution in [-0.4, -0.2) is 76.4 Å². The fraction of sp³-hybridized carbons (Fsp3) is 0.0769. The maximum absolute atomic E-state index is 12.9. The zero-order chi connectivity index (χ0) is 62.6. The monoisotopic (exact) mass is 1290 g/mol. The summed E-state index contributed by atoms with van der Waals surface area (Å²) in [7, 11) is -25.4. The Labute approximate surface area is 505 Å². The smallest absolute Gasteiger partial charge is 0.451 e. The lowest BCUT2D eigenvalue weighted by Crippen LogP contribution is -2.57. The van der Waals surface area contributed by atoms with Gasteiger partial charge in [0.1, 0.15) is 46.0 Å². The van der Waals surface area contributed by atoms with Crippen LogP contribution in [0.3, 0.4) is 0 Å². The molecule has 22 nitrogen and oxygen atoms in total. The molecule has 2 unspecified atom stereocenters. The summed E-state index contributed by atoms with van der Waals surface area (Å²) in [6.45, 7) is 3.37. The van der Waals surface area contributed by atoms with Crippen molar-refractivity contribution < 1.29 is 112 Å². The molecule has 0 bridgehead atoms. The van der Waals surface area contributed by atoms with Gasteiger partial charge >= 0.3 is 84.7 Å². The van der Waals surface area contributed by atoms with Crippen LogP contribution in [0.1, 0.15) is 23.7 Å². The van der Waals surface area contributed by atoms with Gasteiger partial charge in [-0.25, -0.2) is 0 Å². The number of ether oxygens (including phenoxy) is 4. The molecule has 8 aromatic carbocycles. The third-order valence-corrected chi connectivity index (χ3v) is 13.5. The van der Waals surface area contributed by atoms with E-state index in [0.717, 1.165) is 0 Å². The number of hydrogen-bond donors (Lipinski definition) is 0. The molecule has 0 aromatic heterocycles. The highest BCUT2D eigenvalue weighted by Gasteiger charge is 2.42. The van der Waals surface area contributed by atoms with Crippen LogP contribution in [0.15, 0.2) is 206 Å². The van der Waals surface area contributed by atoms with Gasteiger partial charge in [-0.1, -0.05) is 125 Å². The highest BCUT2D eigenvalue weighted by molar-refractivity contribution is 7.82. The van der Waals surface area contributed by atoms with Crippen LogP contribution in [0.25, 0.3) is 0 Å². The van der Waals surface area contributed by atoms with Crippen LogP contribution in [0.4, 0.5) is 15.5 Å². The molecule has 452 valence electrons. The minimum Gasteiger partial charge on any atom is -0.451 e. The Balaban J connectivity index is 0.000000266. The molecule has 88 heavy (non-hydrogen) atoms. The van der Waals surface area contributed by atoms with Crippen molar-refractivity contribution in [1.82, 2.24) is 0 Å². The quantitative estimate of drug-likeness (QED) is 0.0299. The van der Waals surface area contributed by atoms with Gasteiger partial charge in [0.05, 0.1) is 0 Å². The molecule has 2 atom stereocenters. The summed E-state index contributed by atoms with van der Waals surface area (Å²) in [6.07, 6.45) is -1.84. The molecular formula is C52H42B6F4O22S4. The standard InChI is InChI=1S/C39H31B3F2O13S2.C13H11B3F2O9S2/c1-40-55-41(30-12-16-32(17-13-30)49-38(28-8-4-2-5-9-28)51-34-20-24-36(25-21-34)53-58(43,45)46)57-42(56-40)31-14-18-33(19-15-31)50-39(29-10-6-3-7-11-29)52-35-22-26-37(27-23-35)54-59(44,47)48;1-14-25-15(10-2-6-12(7-3-10)23-28(17,19)20)27-16(26-14)11-4-8-13(9-5-11)24-29(18,21)22/h2-27,38-39H,1H3;2-9H,1H3. The second-order valence-electron chi connectivity index (χ2n) is 18.4. The highest BCUT2D eigenvalue weighted by Crippen LogP contribution is 2.30. The minimum absolute atomic E-state index is 0.218. The average molecular weight is 1290 g/mol. The lowest BCUT2D eigenvalue weighted by atomic mass is 9.64. The SMILES string of the molecule is CB1OB(c2ccc(OC(Oc3ccc(OS(=O)(=O)F)cc3)c3ccccc3)cc2)OB(c2ccc(OC(Oc3ccc(OS(=O)(=O)F)cc3)c3ccccc3)cc2)O1.CB1OB(c2ccc(OS(=O)(=O)F)cc2)OB(c2ccc(OS(=O)(=O)F)cc2)O1. The van der Waals surface area contributed by atoms with Gasteiger partial charge in [-0.3, -0.25) is 0 Å². The molecule has 0 aliphatic carbocycles. The number of benzene rings is 8. The third-order valence-electron chi connectivity index (χ3n) is 11.9. The Bertz CT molecular complexity index is 3800. The van der Waals surface area contributed by atoms with Gasteiger partial charge in [-0.05, 0) is 133 Å². The topological polar surface area (TPSA) is 266 Å². The van der Waals surface area contributed by atoms with E-state index in [1.165, 1.54) is 97.1 Å². The van der Waals surface area contributed by atoms with Crippen molar-refractivity contribution >= 4 is 107 Å². The highest BCUT2D eigenvalue weighted by atomic mass is 32.3. The van der Waals surface area contributed by atoms with Crippen molar-refractivity contribution in [3.63, 3.8) is 0 Å². The van der Waals surface area contributed by atoms with Gasteiger partial charge in [-0.2, -0.15) is 33.7 Å². The molecule has 0 radical (unpaired) electrons. The second kappa shape index (κ2) is 28.3. The van der Waals surface area contributed by atoms with E-state index in [4.69, 9.17) is 46.4 Å². The van der Waals surface area contributed by atoms with E-state index in [0.29, 0.717) is 56.0 Å². The first-order chi connectivity index (χ1) is 41.8. The fourth-order valence-electron chi connectivity index (χ4n) is 8.15. The summed E-state index contributed by atoms with van der Waals surface area (Å²) in [4.78, 5) is 0. The second-order valence-corrected chi connectivity index (χ2v) is 22.2. The first-order valence-corrected chi connectivity index (χ1v) is 30.9. The molecule has 2 aliphatic heterocycles. The summed E-state index contributed by atoms with van der Waals surface area (Å²) >= 11 is 0. The van der Waals surface area contributed by atoms with Gasteiger partial charge in [0.25, 0.3) is 12.6 Å². The Kier molecular flexibility index (Phi) is 20.7. The number of halogens is 4. The normalized spacial score (nSPS) is 14.6. The molecule has 0 N–H and O–H groups in total. The van der Waals surface area contributed by atoms with Crippen LogP contribution in [-0.2, 0) is 69.4 Å². The zero-order valence-electron chi connectivity index (χ0n) is 45.4. The maximum Gasteiger partial charge on any atom is 0.488 e. The van der Waals surface area contributed by atoms with Crippen molar-refractivity contribution in [2.75, 3.05) is 0 Å². The maximum atomic E-state index is 12.9. The molecule has 2 aliphatic rings. The summed E-state index contributed by atoms with van der Waals surface area (Å²) < 4.78 is 213. The van der Waals surface area contributed by atoms with Crippen molar-refractivity contribution in [2.45, 2.75) is 26.2 Å². The van der Waals surface area contributed by atoms with Gasteiger partial charge in [0.2, 0.25) is 0 Å². The summed E-state index contributed by atoms with van der Waals surface area (Å²) in [5.74, 6) is 0.627. The zero-order valence-corrected chi connectivity index (χ0v) is 48.6. The molecule has 0 saturated carbocycles. The van der Waals surface area contributed by atoms with Crippen molar-refractivity contribution in [3.05, 3.63) is 217 Å². The van der Waals surface area contributed by atoms with E-state index in [1.807, 2.05) is 60.7 Å². The predicted octanol–water partition coefficient (Wildman–Crippen LogP) is 6.60. The molecular weight excluding hydrogens is 1250 g/mol. The Morgan fingerprint density at radius 3 is 0.693 bits per heavy atom. The lowest BCUT2D eigenvalue weighted by molar-refractivity contribution is 0.00353. The van der Waals surface area contributed by atoms with E-state index in [-0.39, 0.29) is 23.0 Å². The third kappa shape index (κ3) is 19.9. The van der Waals surface area contributed by atoms with Crippen LogP contribution in [0.2, 0.25) is 13.6 Å². The fourth-order valence-corrected chi connectivity index (χ4v) is 9.52. The Morgan fingerprint density at radius 2 is 0.477 bits per heavy atom. The number of hydrogen-bond acceptors (Lipinski definition) is 22. The van der Waals surface area contributed by atoms with E-state index in [2.05, 4.69) is 16.7 Å². The predicted molar refractivity (Wildman–Crippen MR) is 313 cm³/mol. The van der Waals surface area contributed by atoms with Crippen LogP contribution in [0, 0.1) is 0 Å². The van der Waals surface area contributed by atoms with Crippen LogP contribution < -0.4 is 57.5 Å². The summed E-state index contributed by atoms with van der Waals surface area (Å²) in [6, 6.07) is 53.6. The van der Waals surface area contributed by atoms with E-state index >= 15 is 0 Å². The largest absolute Gasteiger partial charge is 0.488 e. The average Bonchev–Trinajstić information content (AvgIpc) is 1.66. The molecule has 0 amide bonds. The summed E-state index contributed by atoms with van der Waals surface area (Å²) in [5, 5.41) is 0. The van der Waals surface area contributed by atoms with Gasteiger partial charge < -0.3 is 63.1 Å². The van der Waals surface area contributed by atoms with Crippen LogP contribution in [0.5, 0.6) is 46.0 Å². The van der Waals surface area contributed by atoms with E-state index in [1.54, 1.807) is 62.2 Å². The molecule has 2 heterocycles. The van der Waals surface area contributed by atoms with E-state index < -0.39 is 97.3 Å². The van der Waals surface area contributed by atoms with Gasteiger partial charge in [0, 0.05) is 11.1 Å².